The summed E-state index contributed by atoms with van der Waals surface area (Å²) >= 11 is 0. The number of benzene rings is 1. The molecule has 0 aliphatic carbocycles. The maximum Gasteiger partial charge on any atom is 0.115 e. The molecule has 0 heterocycles. The lowest BCUT2D eigenvalue weighted by molar-refractivity contribution is 0.466. The fraction of sp³-hybridized carbons (Fsp3) is 0.600. The highest BCUT2D eigenvalue weighted by Crippen LogP contribution is 2.19. The van der Waals surface area contributed by atoms with E-state index in [0.29, 0.717) is 11.8 Å². The molecule has 1 atom stereocenters. The number of nitrogens with one attached hydrogen (secondary N) is 1. The van der Waals surface area contributed by atoms with Crippen molar-refractivity contribution in [2.75, 3.05) is 6.54 Å². The van der Waals surface area contributed by atoms with E-state index in [2.05, 4.69) is 26.1 Å². The van der Waals surface area contributed by atoms with Gasteiger partial charge >= 0.3 is 0 Å². The van der Waals surface area contributed by atoms with E-state index in [1.807, 2.05) is 12.1 Å². The Bertz CT molecular complexity index is 305. The molecular weight excluding hydrogens is 210 g/mol. The van der Waals surface area contributed by atoms with E-state index >= 15 is 0 Å². The zero-order chi connectivity index (χ0) is 12.7. The van der Waals surface area contributed by atoms with Gasteiger partial charge in [-0.25, -0.2) is 0 Å². The molecule has 17 heavy (non-hydrogen) atoms. The number of hydrogen-bond donors (Lipinski definition) is 2. The first-order valence-corrected chi connectivity index (χ1v) is 6.65. The predicted octanol–water partition coefficient (Wildman–Crippen LogP) is 3.87. The van der Waals surface area contributed by atoms with Gasteiger partial charge in [-0.1, -0.05) is 32.9 Å². The number of rotatable bonds is 7. The van der Waals surface area contributed by atoms with Crippen LogP contribution in [0.25, 0.3) is 0 Å². The molecule has 1 rings (SSSR count). The molecule has 0 aliphatic rings. The molecular formula is C15H25NO. The average Bonchev–Trinajstić information content (AvgIpc) is 2.30. The second-order valence-electron chi connectivity index (χ2n) is 5.04. The summed E-state index contributed by atoms with van der Waals surface area (Å²) in [6, 6.07) is 7.92. The first-order chi connectivity index (χ1) is 8.13. The van der Waals surface area contributed by atoms with Crippen molar-refractivity contribution in [2.24, 2.45) is 5.92 Å². The lowest BCUT2D eigenvalue weighted by Gasteiger charge is -2.17. The molecule has 1 aromatic carbocycles. The summed E-state index contributed by atoms with van der Waals surface area (Å²) in [5.41, 5.74) is 1.26. The van der Waals surface area contributed by atoms with Crippen LogP contribution in [0.3, 0.4) is 0 Å². The van der Waals surface area contributed by atoms with E-state index in [1.54, 1.807) is 12.1 Å². The van der Waals surface area contributed by atoms with Gasteiger partial charge in [-0.3, -0.25) is 0 Å². The van der Waals surface area contributed by atoms with Gasteiger partial charge in [0.05, 0.1) is 0 Å². The van der Waals surface area contributed by atoms with Crippen LogP contribution in [0, 0.1) is 5.92 Å². The highest BCUT2D eigenvalue weighted by atomic mass is 16.3. The third-order valence-electron chi connectivity index (χ3n) is 3.05. The lowest BCUT2D eigenvalue weighted by atomic mass is 10.0. The van der Waals surface area contributed by atoms with Gasteiger partial charge in [0, 0.05) is 6.04 Å². The smallest absolute Gasteiger partial charge is 0.115 e. The molecule has 96 valence electrons. The maximum absolute atomic E-state index is 9.27. The van der Waals surface area contributed by atoms with Crippen molar-refractivity contribution in [3.05, 3.63) is 29.8 Å². The van der Waals surface area contributed by atoms with Crippen molar-refractivity contribution in [3.8, 4) is 5.75 Å². The molecule has 1 aromatic rings. The zero-order valence-corrected chi connectivity index (χ0v) is 11.2. The Hall–Kier alpha value is -1.02. The quantitative estimate of drug-likeness (QED) is 0.703. The van der Waals surface area contributed by atoms with Crippen molar-refractivity contribution in [1.82, 2.24) is 5.32 Å². The molecule has 0 aromatic heterocycles. The maximum atomic E-state index is 9.27. The lowest BCUT2D eigenvalue weighted by Crippen LogP contribution is -2.22. The van der Waals surface area contributed by atoms with Gasteiger partial charge in [0.1, 0.15) is 5.75 Å². The number of aromatic hydroxyl groups is 1. The Morgan fingerprint density at radius 1 is 1.18 bits per heavy atom. The molecule has 0 fully saturated rings. The molecule has 0 radical (unpaired) electrons. The summed E-state index contributed by atoms with van der Waals surface area (Å²) in [6.07, 6.45) is 3.58. The Balaban J connectivity index is 2.40. The second kappa shape index (κ2) is 7.33. The van der Waals surface area contributed by atoms with Crippen LogP contribution in [0.1, 0.15) is 51.6 Å². The largest absolute Gasteiger partial charge is 0.508 e. The highest BCUT2D eigenvalue weighted by Gasteiger charge is 2.07. The minimum atomic E-state index is 0.336. The third kappa shape index (κ3) is 5.22. The van der Waals surface area contributed by atoms with Crippen LogP contribution in [0.15, 0.2) is 24.3 Å². The first-order valence-electron chi connectivity index (χ1n) is 6.65. The van der Waals surface area contributed by atoms with E-state index in [0.717, 1.165) is 18.9 Å². The minimum absolute atomic E-state index is 0.336. The van der Waals surface area contributed by atoms with Crippen LogP contribution >= 0.6 is 0 Å². The van der Waals surface area contributed by atoms with Crippen molar-refractivity contribution in [2.45, 2.75) is 46.1 Å². The summed E-state index contributed by atoms with van der Waals surface area (Å²) in [7, 11) is 0. The van der Waals surface area contributed by atoms with E-state index in [-0.39, 0.29) is 0 Å². The van der Waals surface area contributed by atoms with E-state index in [9.17, 15) is 5.11 Å². The van der Waals surface area contributed by atoms with Crippen LogP contribution in [0.2, 0.25) is 0 Å². The summed E-state index contributed by atoms with van der Waals surface area (Å²) < 4.78 is 0. The van der Waals surface area contributed by atoms with Crippen molar-refractivity contribution in [3.63, 3.8) is 0 Å². The van der Waals surface area contributed by atoms with Crippen molar-refractivity contribution in [1.29, 1.82) is 0 Å². The Labute approximate surface area is 105 Å². The van der Waals surface area contributed by atoms with E-state index in [4.69, 9.17) is 0 Å². The van der Waals surface area contributed by atoms with Crippen molar-refractivity contribution < 1.29 is 5.11 Å². The molecule has 2 heteroatoms. The minimum Gasteiger partial charge on any atom is -0.508 e. The van der Waals surface area contributed by atoms with Gasteiger partial charge in [0.2, 0.25) is 0 Å². The normalized spacial score (nSPS) is 12.9. The number of phenols is 1. The van der Waals surface area contributed by atoms with Gasteiger partial charge in [0.25, 0.3) is 0 Å². The first kappa shape index (κ1) is 14.0. The van der Waals surface area contributed by atoms with Gasteiger partial charge in [0.15, 0.2) is 0 Å². The molecule has 2 N–H and O–H groups in total. The molecule has 0 aliphatic heterocycles. The third-order valence-corrected chi connectivity index (χ3v) is 3.05. The van der Waals surface area contributed by atoms with Crippen LogP contribution < -0.4 is 5.32 Å². The summed E-state index contributed by atoms with van der Waals surface area (Å²) in [6.45, 7) is 7.78. The van der Waals surface area contributed by atoms with Crippen molar-refractivity contribution >= 4 is 0 Å². The fourth-order valence-electron chi connectivity index (χ4n) is 1.99. The van der Waals surface area contributed by atoms with Gasteiger partial charge in [-0.2, -0.15) is 0 Å². The van der Waals surface area contributed by atoms with E-state index in [1.165, 1.54) is 18.4 Å². The molecule has 0 saturated heterocycles. The number of phenolic OH excluding ortho intramolecular Hbond substituents is 1. The SMILES string of the molecule is CCC(NCCCC(C)C)c1ccc(O)cc1. The Morgan fingerprint density at radius 2 is 1.82 bits per heavy atom. The summed E-state index contributed by atoms with van der Waals surface area (Å²) in [5.74, 6) is 1.12. The zero-order valence-electron chi connectivity index (χ0n) is 11.2. The van der Waals surface area contributed by atoms with Gasteiger partial charge in [-0.15, -0.1) is 0 Å². The fourth-order valence-corrected chi connectivity index (χ4v) is 1.99. The van der Waals surface area contributed by atoms with Gasteiger partial charge in [-0.05, 0) is 49.4 Å². The molecule has 1 unspecified atom stereocenters. The highest BCUT2D eigenvalue weighted by molar-refractivity contribution is 5.27. The monoisotopic (exact) mass is 235 g/mol. The Kier molecular flexibility index (Phi) is 6.06. The van der Waals surface area contributed by atoms with Crippen LogP contribution in [0.4, 0.5) is 0 Å². The second-order valence-corrected chi connectivity index (χ2v) is 5.04. The average molecular weight is 235 g/mol. The molecule has 0 amide bonds. The van der Waals surface area contributed by atoms with Crippen LogP contribution in [-0.2, 0) is 0 Å². The Morgan fingerprint density at radius 3 is 2.35 bits per heavy atom. The molecule has 0 saturated carbocycles. The standard InChI is InChI=1S/C15H25NO/c1-4-15(16-11-5-6-12(2)3)13-7-9-14(17)10-8-13/h7-10,12,15-17H,4-6,11H2,1-3H3. The van der Waals surface area contributed by atoms with E-state index < -0.39 is 0 Å². The molecule has 0 spiro atoms. The summed E-state index contributed by atoms with van der Waals surface area (Å²) in [4.78, 5) is 0. The van der Waals surface area contributed by atoms with Crippen LogP contribution in [-0.4, -0.2) is 11.7 Å². The predicted molar refractivity (Wildman–Crippen MR) is 73.2 cm³/mol. The number of hydrogen-bond acceptors (Lipinski definition) is 2. The topological polar surface area (TPSA) is 32.3 Å². The summed E-state index contributed by atoms with van der Waals surface area (Å²) in [5, 5.41) is 12.8. The molecule has 2 nitrogen and oxygen atoms in total. The van der Waals surface area contributed by atoms with Crippen LogP contribution in [0.5, 0.6) is 5.75 Å². The molecule has 0 bridgehead atoms. The van der Waals surface area contributed by atoms with Gasteiger partial charge < -0.3 is 10.4 Å².